The van der Waals surface area contributed by atoms with E-state index < -0.39 is 28.5 Å². The lowest BCUT2D eigenvalue weighted by Crippen LogP contribution is -2.53. The molecule has 0 saturated carbocycles. The van der Waals surface area contributed by atoms with E-state index in [1.807, 2.05) is 99.6 Å². The van der Waals surface area contributed by atoms with Crippen LogP contribution in [-0.4, -0.2) is 50.5 Å². The number of carbonyl (C=O) groups excluding carboxylic acids is 2. The summed E-state index contributed by atoms with van der Waals surface area (Å²) in [6.45, 7) is 5.85. The second-order valence-electron chi connectivity index (χ2n) is 9.51. The van der Waals surface area contributed by atoms with Crippen molar-refractivity contribution in [3.63, 3.8) is 0 Å². The number of benzene rings is 3. The van der Waals surface area contributed by atoms with Gasteiger partial charge < -0.3 is 10.2 Å². The first-order valence-corrected chi connectivity index (χ1v) is 14.7. The zero-order valence-electron chi connectivity index (χ0n) is 22.6. The van der Waals surface area contributed by atoms with Crippen molar-refractivity contribution >= 4 is 27.5 Å². The minimum atomic E-state index is -3.80. The van der Waals surface area contributed by atoms with Crippen LogP contribution in [0.3, 0.4) is 0 Å². The zero-order chi connectivity index (χ0) is 27.7. The maximum absolute atomic E-state index is 14.1. The van der Waals surface area contributed by atoms with E-state index in [1.165, 1.54) is 4.90 Å². The predicted molar refractivity (Wildman–Crippen MR) is 152 cm³/mol. The predicted octanol–water partition coefficient (Wildman–Crippen LogP) is 4.24. The Morgan fingerprint density at radius 1 is 0.842 bits per heavy atom. The molecule has 3 aromatic carbocycles. The van der Waals surface area contributed by atoms with Crippen molar-refractivity contribution in [3.8, 4) is 0 Å². The van der Waals surface area contributed by atoms with Crippen molar-refractivity contribution in [2.24, 2.45) is 0 Å². The monoisotopic (exact) mass is 535 g/mol. The summed E-state index contributed by atoms with van der Waals surface area (Å²) in [6, 6.07) is 23.6. The van der Waals surface area contributed by atoms with Crippen molar-refractivity contribution in [2.75, 3.05) is 23.7 Å². The van der Waals surface area contributed by atoms with Gasteiger partial charge in [0.25, 0.3) is 0 Å². The van der Waals surface area contributed by atoms with Crippen molar-refractivity contribution in [2.45, 2.75) is 46.2 Å². The minimum Gasteiger partial charge on any atom is -0.354 e. The molecule has 202 valence electrons. The molecule has 0 heterocycles. The third-order valence-electron chi connectivity index (χ3n) is 6.38. The molecule has 0 aliphatic rings. The van der Waals surface area contributed by atoms with Gasteiger partial charge in [-0.05, 0) is 42.5 Å². The molecule has 3 rings (SSSR count). The Labute approximate surface area is 226 Å². The number of nitrogens with zero attached hydrogens (tertiary/aromatic N) is 2. The number of carbonyl (C=O) groups is 2. The summed E-state index contributed by atoms with van der Waals surface area (Å²) in [5, 5.41) is 2.94. The molecule has 38 heavy (non-hydrogen) atoms. The number of nitrogens with one attached hydrogen (secondary N) is 1. The van der Waals surface area contributed by atoms with Gasteiger partial charge in [-0.15, -0.1) is 0 Å². The number of para-hydroxylation sites is 1. The van der Waals surface area contributed by atoms with Gasteiger partial charge in [-0.2, -0.15) is 0 Å². The quantitative estimate of drug-likeness (QED) is 0.376. The summed E-state index contributed by atoms with van der Waals surface area (Å²) in [6.07, 6.45) is 2.16. The van der Waals surface area contributed by atoms with Gasteiger partial charge in [0.15, 0.2) is 0 Å². The minimum absolute atomic E-state index is 0.168. The molecule has 0 unspecified atom stereocenters. The van der Waals surface area contributed by atoms with Gasteiger partial charge in [-0.1, -0.05) is 85.8 Å². The smallest absolute Gasteiger partial charge is 0.244 e. The first-order valence-electron chi connectivity index (χ1n) is 12.8. The average Bonchev–Trinajstić information content (AvgIpc) is 2.89. The average molecular weight is 536 g/mol. The van der Waals surface area contributed by atoms with Crippen LogP contribution in [0.5, 0.6) is 0 Å². The van der Waals surface area contributed by atoms with Crippen LogP contribution in [0.2, 0.25) is 0 Å². The van der Waals surface area contributed by atoms with Gasteiger partial charge >= 0.3 is 0 Å². The number of hydrogen-bond acceptors (Lipinski definition) is 4. The molecule has 0 fully saturated rings. The lowest BCUT2D eigenvalue weighted by atomic mass is 10.0. The van der Waals surface area contributed by atoms with Gasteiger partial charge in [0.1, 0.15) is 12.6 Å². The molecular weight excluding hydrogens is 498 g/mol. The van der Waals surface area contributed by atoms with Crippen LogP contribution in [0.15, 0.2) is 78.9 Å². The van der Waals surface area contributed by atoms with Crippen molar-refractivity contribution in [1.82, 2.24) is 10.2 Å². The first kappa shape index (κ1) is 28.9. The molecule has 1 N–H and O–H groups in total. The molecule has 0 aliphatic heterocycles. The molecule has 0 spiro atoms. The largest absolute Gasteiger partial charge is 0.354 e. The van der Waals surface area contributed by atoms with Gasteiger partial charge in [0.2, 0.25) is 21.8 Å². The van der Waals surface area contributed by atoms with Crippen molar-refractivity contribution in [1.29, 1.82) is 0 Å². The van der Waals surface area contributed by atoms with Crippen LogP contribution in [-0.2, 0) is 32.6 Å². The van der Waals surface area contributed by atoms with Gasteiger partial charge in [0.05, 0.1) is 11.9 Å². The van der Waals surface area contributed by atoms with Crippen molar-refractivity contribution in [3.05, 3.63) is 101 Å². The third-order valence-corrected chi connectivity index (χ3v) is 7.50. The van der Waals surface area contributed by atoms with Crippen LogP contribution in [0.25, 0.3) is 0 Å². The molecule has 0 aromatic heterocycles. The van der Waals surface area contributed by atoms with E-state index in [1.54, 1.807) is 0 Å². The van der Waals surface area contributed by atoms with Gasteiger partial charge in [-0.25, -0.2) is 8.42 Å². The molecule has 0 radical (unpaired) electrons. The second-order valence-corrected chi connectivity index (χ2v) is 11.4. The lowest BCUT2D eigenvalue weighted by Gasteiger charge is -2.34. The standard InChI is InChI=1S/C30H37N3O4S/c1-5-19-31-30(35)27(20-25-15-8-6-9-16-25)32(21-26-17-10-7-11-18-26)28(34)22-33(38(4,36)37)29-23(2)13-12-14-24(29)3/h6-18,27H,5,19-22H2,1-4H3,(H,31,35)/t27-/m0/s1. The number of sulfonamides is 1. The van der Waals surface area contributed by atoms with Gasteiger partial charge in [0, 0.05) is 19.5 Å². The van der Waals surface area contributed by atoms with Crippen molar-refractivity contribution < 1.29 is 18.0 Å². The molecule has 0 saturated heterocycles. The van der Waals surface area contributed by atoms with Crippen LogP contribution < -0.4 is 9.62 Å². The molecule has 1 atom stereocenters. The number of amides is 2. The maximum Gasteiger partial charge on any atom is 0.244 e. The van der Waals surface area contributed by atoms with Crippen LogP contribution in [0.1, 0.15) is 35.6 Å². The Kier molecular flexibility index (Phi) is 10.1. The Morgan fingerprint density at radius 2 is 1.39 bits per heavy atom. The third kappa shape index (κ3) is 7.68. The molecule has 3 aromatic rings. The highest BCUT2D eigenvalue weighted by Gasteiger charge is 2.33. The number of rotatable bonds is 12. The molecule has 2 amide bonds. The molecular formula is C30H37N3O4S. The number of aryl methyl sites for hydroxylation is 2. The first-order chi connectivity index (χ1) is 18.1. The van der Waals surface area contributed by atoms with E-state index in [-0.39, 0.29) is 12.5 Å². The summed E-state index contributed by atoms with van der Waals surface area (Å²) < 4.78 is 27.1. The molecule has 8 heteroatoms. The van der Waals surface area contributed by atoms with E-state index >= 15 is 0 Å². The van der Waals surface area contributed by atoms with Crippen LogP contribution >= 0.6 is 0 Å². The SMILES string of the molecule is CCCNC(=O)[C@H](Cc1ccccc1)N(Cc1ccccc1)C(=O)CN(c1c(C)cccc1C)S(C)(=O)=O. The zero-order valence-corrected chi connectivity index (χ0v) is 23.4. The fourth-order valence-electron chi connectivity index (χ4n) is 4.47. The Balaban J connectivity index is 2.06. The highest BCUT2D eigenvalue weighted by molar-refractivity contribution is 7.92. The van der Waals surface area contributed by atoms with E-state index in [2.05, 4.69) is 5.32 Å². The van der Waals surface area contributed by atoms with E-state index in [0.29, 0.717) is 18.7 Å². The Morgan fingerprint density at radius 3 is 1.92 bits per heavy atom. The summed E-state index contributed by atoms with van der Waals surface area (Å²) >= 11 is 0. The Bertz CT molecular complexity index is 1310. The Hall–Kier alpha value is -3.65. The number of anilines is 1. The summed E-state index contributed by atoms with van der Waals surface area (Å²) in [7, 11) is -3.80. The molecule has 0 bridgehead atoms. The molecule has 7 nitrogen and oxygen atoms in total. The highest BCUT2D eigenvalue weighted by atomic mass is 32.2. The maximum atomic E-state index is 14.1. The molecule has 0 aliphatic carbocycles. The normalized spacial score (nSPS) is 12.0. The summed E-state index contributed by atoms with van der Waals surface area (Å²) in [5.74, 6) is -0.715. The van der Waals surface area contributed by atoms with E-state index in [9.17, 15) is 18.0 Å². The lowest BCUT2D eigenvalue weighted by molar-refractivity contribution is -0.140. The van der Waals surface area contributed by atoms with Gasteiger partial charge in [-0.3, -0.25) is 13.9 Å². The van der Waals surface area contributed by atoms with E-state index in [0.717, 1.165) is 39.2 Å². The van der Waals surface area contributed by atoms with Crippen LogP contribution in [0.4, 0.5) is 5.69 Å². The van der Waals surface area contributed by atoms with Crippen LogP contribution in [0, 0.1) is 13.8 Å². The summed E-state index contributed by atoms with van der Waals surface area (Å²) in [4.78, 5) is 29.0. The second kappa shape index (κ2) is 13.2. The fourth-order valence-corrected chi connectivity index (χ4v) is 5.44. The fraction of sp³-hybridized carbons (Fsp3) is 0.333. The van der Waals surface area contributed by atoms with E-state index in [4.69, 9.17) is 0 Å². The number of hydrogen-bond donors (Lipinski definition) is 1. The summed E-state index contributed by atoms with van der Waals surface area (Å²) in [5.41, 5.74) is 3.74. The highest BCUT2D eigenvalue weighted by Crippen LogP contribution is 2.27. The topological polar surface area (TPSA) is 86.8 Å².